The van der Waals surface area contributed by atoms with Crippen molar-refractivity contribution in [3.63, 3.8) is 0 Å². The molecule has 3 aliphatic rings. The fourth-order valence-corrected chi connectivity index (χ4v) is 3.98. The van der Waals surface area contributed by atoms with E-state index in [2.05, 4.69) is 0 Å². The zero-order chi connectivity index (χ0) is 17.0. The number of likely N-dealkylation sites (tertiary alicyclic amines) is 2. The first-order chi connectivity index (χ1) is 11.5. The number of fused-ring (bicyclic) bond motifs is 1. The molecule has 1 aliphatic carbocycles. The number of hydrogen-bond acceptors (Lipinski definition) is 4. The van der Waals surface area contributed by atoms with Gasteiger partial charge in [-0.05, 0) is 32.8 Å². The predicted octanol–water partition coefficient (Wildman–Crippen LogP) is 1.67. The van der Waals surface area contributed by atoms with Crippen LogP contribution in [0.2, 0.25) is 0 Å². The van der Waals surface area contributed by atoms with Crippen molar-refractivity contribution in [1.82, 2.24) is 9.80 Å². The lowest BCUT2D eigenvalue weighted by atomic mass is 9.85. The lowest BCUT2D eigenvalue weighted by molar-refractivity contribution is -0.145. The van der Waals surface area contributed by atoms with Gasteiger partial charge in [0.05, 0.1) is 23.4 Å². The lowest BCUT2D eigenvalue weighted by Crippen LogP contribution is -2.62. The Morgan fingerprint density at radius 2 is 1.67 bits per heavy atom. The summed E-state index contributed by atoms with van der Waals surface area (Å²) in [6.45, 7) is 4.39. The van der Waals surface area contributed by atoms with E-state index in [1.807, 2.05) is 12.2 Å². The number of aryl methyl sites for hydroxylation is 2. The van der Waals surface area contributed by atoms with Gasteiger partial charge in [-0.2, -0.15) is 0 Å². The highest BCUT2D eigenvalue weighted by atomic mass is 16.3. The number of carbonyl (C=O) groups excluding carboxylic acids is 3. The van der Waals surface area contributed by atoms with Crippen LogP contribution in [0.3, 0.4) is 0 Å². The van der Waals surface area contributed by atoms with Crippen LogP contribution >= 0.6 is 0 Å². The summed E-state index contributed by atoms with van der Waals surface area (Å²) in [6, 6.07) is 1.55. The number of furan rings is 1. The van der Waals surface area contributed by atoms with Crippen LogP contribution in [0.4, 0.5) is 0 Å². The van der Waals surface area contributed by atoms with E-state index in [0.29, 0.717) is 43.0 Å². The van der Waals surface area contributed by atoms with Crippen molar-refractivity contribution in [1.29, 1.82) is 0 Å². The molecule has 2 aliphatic heterocycles. The molecule has 2 atom stereocenters. The number of allylic oxidation sites excluding steroid dienone is 2. The zero-order valence-corrected chi connectivity index (χ0v) is 13.8. The average Bonchev–Trinajstić information content (AvgIpc) is 2.98. The molecule has 3 heterocycles. The summed E-state index contributed by atoms with van der Waals surface area (Å²) in [4.78, 5) is 40.7. The summed E-state index contributed by atoms with van der Waals surface area (Å²) in [5.74, 6) is 0.667. The van der Waals surface area contributed by atoms with Crippen molar-refractivity contribution in [3.8, 4) is 0 Å². The molecule has 0 aromatic carbocycles. The Morgan fingerprint density at radius 1 is 1.08 bits per heavy atom. The summed E-state index contributed by atoms with van der Waals surface area (Å²) in [7, 11) is 0. The van der Waals surface area contributed by atoms with E-state index in [1.54, 1.807) is 24.8 Å². The van der Waals surface area contributed by atoms with Crippen molar-refractivity contribution in [2.75, 3.05) is 13.1 Å². The molecule has 6 heteroatoms. The van der Waals surface area contributed by atoms with Crippen LogP contribution in [0, 0.1) is 25.7 Å². The number of rotatable bonds is 2. The van der Waals surface area contributed by atoms with E-state index >= 15 is 0 Å². The first kappa shape index (κ1) is 15.2. The SMILES string of the molecule is Cc1cc(C(=O)N2CC(N3C(=O)C4CC=CCC4C3=O)C2)c(C)o1. The van der Waals surface area contributed by atoms with Crippen molar-refractivity contribution >= 4 is 17.7 Å². The van der Waals surface area contributed by atoms with E-state index in [-0.39, 0.29) is 35.6 Å². The minimum absolute atomic E-state index is 0.0678. The van der Waals surface area contributed by atoms with Gasteiger partial charge in [0, 0.05) is 13.1 Å². The topological polar surface area (TPSA) is 70.8 Å². The van der Waals surface area contributed by atoms with Crippen molar-refractivity contribution in [2.45, 2.75) is 32.7 Å². The number of imide groups is 1. The van der Waals surface area contributed by atoms with E-state index in [9.17, 15) is 14.4 Å². The van der Waals surface area contributed by atoms with Crippen molar-refractivity contribution in [2.24, 2.45) is 11.8 Å². The third-order valence-corrected chi connectivity index (χ3v) is 5.33. The number of hydrogen-bond donors (Lipinski definition) is 0. The molecule has 1 aromatic heterocycles. The highest BCUT2D eigenvalue weighted by molar-refractivity contribution is 6.06. The van der Waals surface area contributed by atoms with Gasteiger partial charge < -0.3 is 9.32 Å². The Bertz CT molecular complexity index is 731. The molecule has 0 saturated carbocycles. The fraction of sp³-hybridized carbons (Fsp3) is 0.500. The third kappa shape index (κ3) is 2.12. The molecule has 126 valence electrons. The smallest absolute Gasteiger partial charge is 0.257 e. The normalized spacial score (nSPS) is 26.8. The molecular formula is C18H20N2O4. The second-order valence-corrected chi connectivity index (χ2v) is 6.89. The molecule has 2 unspecified atom stereocenters. The predicted molar refractivity (Wildman–Crippen MR) is 85.1 cm³/mol. The van der Waals surface area contributed by atoms with Gasteiger partial charge in [-0.3, -0.25) is 19.3 Å². The van der Waals surface area contributed by atoms with Crippen LogP contribution < -0.4 is 0 Å². The Hall–Kier alpha value is -2.37. The lowest BCUT2D eigenvalue weighted by Gasteiger charge is -2.43. The quantitative estimate of drug-likeness (QED) is 0.612. The van der Waals surface area contributed by atoms with E-state index in [1.165, 1.54) is 4.90 Å². The standard InChI is InChI=1S/C18H20N2O4/c1-10-7-15(11(2)24-10)16(21)19-8-12(9-19)20-17(22)13-5-3-4-6-14(13)18(20)23/h3-4,7,12-14H,5-6,8-9H2,1-2H3. The third-order valence-electron chi connectivity index (χ3n) is 5.33. The Labute approximate surface area is 140 Å². The van der Waals surface area contributed by atoms with Gasteiger partial charge in [0.25, 0.3) is 5.91 Å². The summed E-state index contributed by atoms with van der Waals surface area (Å²) in [5, 5.41) is 0. The van der Waals surface area contributed by atoms with Gasteiger partial charge in [0.15, 0.2) is 0 Å². The largest absolute Gasteiger partial charge is 0.466 e. The second-order valence-electron chi connectivity index (χ2n) is 6.89. The molecule has 0 radical (unpaired) electrons. The number of nitrogens with zero attached hydrogens (tertiary/aromatic N) is 2. The van der Waals surface area contributed by atoms with Gasteiger partial charge >= 0.3 is 0 Å². The Kier molecular flexibility index (Phi) is 3.37. The summed E-state index contributed by atoms with van der Waals surface area (Å²) in [5.41, 5.74) is 0.558. The highest BCUT2D eigenvalue weighted by Gasteiger charge is 2.52. The maximum absolute atomic E-state index is 12.5. The molecule has 2 saturated heterocycles. The number of amides is 3. The highest BCUT2D eigenvalue weighted by Crippen LogP contribution is 2.37. The Morgan fingerprint density at radius 3 is 2.17 bits per heavy atom. The number of carbonyl (C=O) groups is 3. The van der Waals surface area contributed by atoms with Crippen LogP contribution in [-0.2, 0) is 9.59 Å². The fourth-order valence-electron chi connectivity index (χ4n) is 3.98. The van der Waals surface area contributed by atoms with Crippen molar-refractivity contribution in [3.05, 3.63) is 35.3 Å². The van der Waals surface area contributed by atoms with Crippen LogP contribution in [0.25, 0.3) is 0 Å². The Balaban J connectivity index is 1.44. The molecular weight excluding hydrogens is 308 g/mol. The van der Waals surface area contributed by atoms with Crippen molar-refractivity contribution < 1.29 is 18.8 Å². The first-order valence-corrected chi connectivity index (χ1v) is 8.35. The maximum atomic E-state index is 12.5. The maximum Gasteiger partial charge on any atom is 0.257 e. The van der Waals surface area contributed by atoms with Gasteiger partial charge in [-0.1, -0.05) is 12.2 Å². The van der Waals surface area contributed by atoms with Gasteiger partial charge in [0.1, 0.15) is 11.5 Å². The van der Waals surface area contributed by atoms with Gasteiger partial charge in [-0.15, -0.1) is 0 Å². The van der Waals surface area contributed by atoms with Gasteiger partial charge in [-0.25, -0.2) is 0 Å². The minimum atomic E-state index is -0.203. The van der Waals surface area contributed by atoms with Crippen LogP contribution in [0.1, 0.15) is 34.7 Å². The summed E-state index contributed by atoms with van der Waals surface area (Å²) >= 11 is 0. The molecule has 1 aromatic rings. The molecule has 6 nitrogen and oxygen atoms in total. The first-order valence-electron chi connectivity index (χ1n) is 8.35. The zero-order valence-electron chi connectivity index (χ0n) is 13.8. The summed E-state index contributed by atoms with van der Waals surface area (Å²) in [6.07, 6.45) is 5.26. The van der Waals surface area contributed by atoms with Crippen LogP contribution in [0.15, 0.2) is 22.6 Å². The minimum Gasteiger partial charge on any atom is -0.466 e. The van der Waals surface area contributed by atoms with Crippen LogP contribution in [-0.4, -0.2) is 46.7 Å². The molecule has 2 fully saturated rings. The van der Waals surface area contributed by atoms with Crippen LogP contribution in [0.5, 0.6) is 0 Å². The summed E-state index contributed by atoms with van der Waals surface area (Å²) < 4.78 is 5.41. The molecule has 0 spiro atoms. The van der Waals surface area contributed by atoms with E-state index < -0.39 is 0 Å². The molecule has 4 rings (SSSR count). The monoisotopic (exact) mass is 328 g/mol. The molecule has 3 amide bonds. The molecule has 0 bridgehead atoms. The van der Waals surface area contributed by atoms with E-state index in [4.69, 9.17) is 4.42 Å². The molecule has 24 heavy (non-hydrogen) atoms. The van der Waals surface area contributed by atoms with Gasteiger partial charge in [0.2, 0.25) is 11.8 Å². The van der Waals surface area contributed by atoms with E-state index in [0.717, 1.165) is 0 Å². The molecule has 0 N–H and O–H groups in total. The average molecular weight is 328 g/mol. The second kappa shape index (κ2) is 5.33.